The minimum Gasteiger partial charge on any atom is -0.335 e. The van der Waals surface area contributed by atoms with Gasteiger partial charge in [-0.3, -0.25) is 9.59 Å². The molecule has 2 heterocycles. The number of aryl methyl sites for hydroxylation is 1. The monoisotopic (exact) mass is 583 g/mol. The molecule has 1 amide bonds. The Morgan fingerprint density at radius 2 is 1.82 bits per heavy atom. The molecule has 8 heteroatoms. The number of amides is 1. The van der Waals surface area contributed by atoms with E-state index >= 15 is 0 Å². The van der Waals surface area contributed by atoms with Gasteiger partial charge in [0, 0.05) is 38.2 Å². The fraction of sp³-hybridized carbons (Fsp3) is 0.226. The fourth-order valence-electron chi connectivity index (χ4n) is 4.77. The summed E-state index contributed by atoms with van der Waals surface area (Å²) in [6.45, 7) is 8.20. The highest BCUT2D eigenvalue weighted by Gasteiger charge is 2.18. The van der Waals surface area contributed by atoms with E-state index in [4.69, 9.17) is 10.1 Å². The van der Waals surface area contributed by atoms with Crippen molar-refractivity contribution in [3.8, 4) is 0 Å². The Balaban J connectivity index is 1.58. The van der Waals surface area contributed by atoms with Gasteiger partial charge in [0.2, 0.25) is 5.91 Å². The smallest absolute Gasteiger partial charge is 0.282 e. The maximum atomic E-state index is 13.6. The van der Waals surface area contributed by atoms with Gasteiger partial charge in [-0.25, -0.2) is 4.98 Å². The van der Waals surface area contributed by atoms with Crippen LogP contribution in [0.2, 0.25) is 0 Å². The molecule has 198 valence electrons. The molecule has 0 radical (unpaired) electrons. The fourth-order valence-corrected chi connectivity index (χ4v) is 5.13. The van der Waals surface area contributed by atoms with Crippen molar-refractivity contribution in [1.29, 1.82) is 0 Å². The number of carbonyl (C=O) groups is 1. The van der Waals surface area contributed by atoms with Crippen LogP contribution in [-0.2, 0) is 11.3 Å². The second-order valence-corrected chi connectivity index (χ2v) is 10.7. The molecule has 0 saturated heterocycles. The van der Waals surface area contributed by atoms with Gasteiger partial charge in [0.25, 0.3) is 5.56 Å². The van der Waals surface area contributed by atoms with Crippen LogP contribution >= 0.6 is 15.9 Å². The third kappa shape index (κ3) is 5.16. The summed E-state index contributed by atoms with van der Waals surface area (Å²) in [5, 5.41) is 9.17. The Labute approximate surface area is 235 Å². The summed E-state index contributed by atoms with van der Waals surface area (Å²) in [6, 6.07) is 21.1. The lowest BCUT2D eigenvalue weighted by molar-refractivity contribution is -0.116. The molecule has 0 aliphatic heterocycles. The lowest BCUT2D eigenvalue weighted by Crippen LogP contribution is -2.23. The largest absolute Gasteiger partial charge is 0.335 e. The number of nitrogens with one attached hydrogen (secondary N) is 1. The molecule has 0 fully saturated rings. The van der Waals surface area contributed by atoms with Crippen molar-refractivity contribution in [1.82, 2.24) is 14.2 Å². The van der Waals surface area contributed by atoms with Gasteiger partial charge in [-0.05, 0) is 56.2 Å². The van der Waals surface area contributed by atoms with Crippen molar-refractivity contribution in [2.24, 2.45) is 5.10 Å². The molecule has 39 heavy (non-hydrogen) atoms. The molecule has 0 aliphatic carbocycles. The van der Waals surface area contributed by atoms with Crippen molar-refractivity contribution in [3.05, 3.63) is 104 Å². The molecule has 0 aliphatic rings. The average Bonchev–Trinajstić information content (AvgIpc) is 3.19. The Morgan fingerprint density at radius 3 is 2.59 bits per heavy atom. The summed E-state index contributed by atoms with van der Waals surface area (Å²) >= 11 is 3.46. The molecule has 5 rings (SSSR count). The van der Waals surface area contributed by atoms with Crippen LogP contribution in [0.15, 0.2) is 81.1 Å². The van der Waals surface area contributed by atoms with E-state index in [0.717, 1.165) is 44.3 Å². The van der Waals surface area contributed by atoms with E-state index in [-0.39, 0.29) is 23.9 Å². The number of aromatic nitrogens is 3. The quantitative estimate of drug-likeness (QED) is 0.215. The first kappa shape index (κ1) is 26.6. The number of anilines is 1. The van der Waals surface area contributed by atoms with E-state index in [0.29, 0.717) is 16.7 Å². The first-order chi connectivity index (χ1) is 18.8. The molecule has 2 aromatic heterocycles. The Bertz CT molecular complexity index is 1800. The zero-order chi connectivity index (χ0) is 27.7. The highest BCUT2D eigenvalue weighted by atomic mass is 79.9. The maximum Gasteiger partial charge on any atom is 0.282 e. The average molecular weight is 585 g/mol. The number of hydrogen-bond acceptors (Lipinski definition) is 4. The summed E-state index contributed by atoms with van der Waals surface area (Å²) < 4.78 is 4.21. The maximum absolute atomic E-state index is 13.6. The van der Waals surface area contributed by atoms with Gasteiger partial charge in [0.05, 0.1) is 17.1 Å². The molecule has 1 atom stereocenters. The van der Waals surface area contributed by atoms with Gasteiger partial charge in [0.15, 0.2) is 0 Å². The van der Waals surface area contributed by atoms with Gasteiger partial charge in [-0.15, -0.1) is 0 Å². The van der Waals surface area contributed by atoms with Gasteiger partial charge < -0.3 is 9.88 Å². The van der Waals surface area contributed by atoms with Crippen LogP contribution in [0.1, 0.15) is 48.8 Å². The first-order valence-corrected chi connectivity index (χ1v) is 13.8. The van der Waals surface area contributed by atoms with Crippen LogP contribution in [-0.4, -0.2) is 26.3 Å². The predicted octanol–water partition coefficient (Wildman–Crippen LogP) is 6.76. The van der Waals surface area contributed by atoms with E-state index in [2.05, 4.69) is 28.2 Å². The number of fused-ring (bicyclic) bond motifs is 2. The highest BCUT2D eigenvalue weighted by Crippen LogP contribution is 2.26. The molecule has 1 N–H and O–H groups in total. The van der Waals surface area contributed by atoms with E-state index in [1.54, 1.807) is 12.3 Å². The third-order valence-corrected chi connectivity index (χ3v) is 7.68. The van der Waals surface area contributed by atoms with Crippen LogP contribution in [0.25, 0.3) is 21.8 Å². The van der Waals surface area contributed by atoms with Crippen molar-refractivity contribution in [2.75, 3.05) is 5.32 Å². The van der Waals surface area contributed by atoms with E-state index in [1.807, 2.05) is 86.0 Å². The van der Waals surface area contributed by atoms with Gasteiger partial charge in [-0.1, -0.05) is 66.2 Å². The van der Waals surface area contributed by atoms with Crippen molar-refractivity contribution >= 4 is 55.5 Å². The molecular weight excluding hydrogens is 554 g/mol. The summed E-state index contributed by atoms with van der Waals surface area (Å²) in [5.74, 6) is 0.541. The summed E-state index contributed by atoms with van der Waals surface area (Å²) in [5.41, 5.74) is 4.90. The molecule has 0 bridgehead atoms. The number of hydrogen-bond donors (Lipinski definition) is 1. The number of carbonyl (C=O) groups excluding carboxylic acids is 1. The number of para-hydroxylation sites is 2. The molecule has 0 spiro atoms. The summed E-state index contributed by atoms with van der Waals surface area (Å²) in [4.78, 5) is 31.4. The molecule has 7 nitrogen and oxygen atoms in total. The van der Waals surface area contributed by atoms with E-state index in [9.17, 15) is 9.59 Å². The van der Waals surface area contributed by atoms with Crippen molar-refractivity contribution < 1.29 is 4.79 Å². The minimum atomic E-state index is -0.216. The van der Waals surface area contributed by atoms with Crippen LogP contribution in [0, 0.1) is 13.8 Å². The Kier molecular flexibility index (Phi) is 7.48. The Hall–Kier alpha value is -4.04. The molecule has 5 aromatic rings. The molecule has 3 aromatic carbocycles. The van der Waals surface area contributed by atoms with Crippen LogP contribution in [0.3, 0.4) is 0 Å². The van der Waals surface area contributed by atoms with Crippen LogP contribution in [0.4, 0.5) is 5.69 Å². The Morgan fingerprint density at radius 1 is 1.08 bits per heavy atom. The summed E-state index contributed by atoms with van der Waals surface area (Å²) in [6.07, 6.45) is 2.53. The molecule has 0 unspecified atom stereocenters. The minimum absolute atomic E-state index is 0.0375. The first-order valence-electron chi connectivity index (χ1n) is 13.0. The van der Waals surface area contributed by atoms with E-state index < -0.39 is 0 Å². The van der Waals surface area contributed by atoms with Crippen LogP contribution < -0.4 is 10.9 Å². The van der Waals surface area contributed by atoms with Gasteiger partial charge in [0.1, 0.15) is 12.4 Å². The molecule has 0 saturated carbocycles. The second kappa shape index (κ2) is 11.0. The second-order valence-electron chi connectivity index (χ2n) is 9.77. The summed E-state index contributed by atoms with van der Waals surface area (Å²) in [7, 11) is 0. The predicted molar refractivity (Wildman–Crippen MR) is 162 cm³/mol. The standard InChI is InChI=1S/C31H30BrN5O2/c1-5-19(2)30-35-27-15-14-22(32)16-24(27)31(39)37(30)33-17-25-21(4)36(28-13-9-7-11-23(25)28)18-29(38)34-26-12-8-6-10-20(26)3/h6-17,19H,5,18H2,1-4H3,(H,34,38)/t19-/m1/s1. The third-order valence-electron chi connectivity index (χ3n) is 7.19. The zero-order valence-electron chi connectivity index (χ0n) is 22.4. The number of rotatable bonds is 7. The van der Waals surface area contributed by atoms with Gasteiger partial charge in [-0.2, -0.15) is 9.78 Å². The molecular formula is C31H30BrN5O2. The zero-order valence-corrected chi connectivity index (χ0v) is 24.0. The lowest BCUT2D eigenvalue weighted by Gasteiger charge is -2.14. The van der Waals surface area contributed by atoms with Crippen molar-refractivity contribution in [2.45, 2.75) is 46.6 Å². The van der Waals surface area contributed by atoms with E-state index in [1.165, 1.54) is 4.68 Å². The highest BCUT2D eigenvalue weighted by molar-refractivity contribution is 9.10. The number of nitrogens with zero attached hydrogens (tertiary/aromatic N) is 4. The van der Waals surface area contributed by atoms with Crippen LogP contribution in [0.5, 0.6) is 0 Å². The van der Waals surface area contributed by atoms with Gasteiger partial charge >= 0.3 is 0 Å². The number of benzene rings is 3. The SMILES string of the molecule is CC[C@@H](C)c1nc2ccc(Br)cc2c(=O)n1N=Cc1c(C)n(CC(=O)Nc2ccccc2C)c2ccccc12. The lowest BCUT2D eigenvalue weighted by atomic mass is 10.1. The topological polar surface area (TPSA) is 81.3 Å². The number of halogens is 1. The van der Waals surface area contributed by atoms with Crippen molar-refractivity contribution in [3.63, 3.8) is 0 Å². The normalized spacial score (nSPS) is 12.4.